The fraction of sp³-hybridized carbons (Fsp3) is 0.517. The van der Waals surface area contributed by atoms with Crippen molar-refractivity contribution >= 4 is 24.3 Å². The molecule has 0 fully saturated rings. The summed E-state index contributed by atoms with van der Waals surface area (Å²) in [7, 11) is 0. The van der Waals surface area contributed by atoms with Crippen molar-refractivity contribution in [3.8, 4) is 17.2 Å². The molecular weight excluding hydrogens is 522 g/mol. The van der Waals surface area contributed by atoms with Gasteiger partial charge in [0.05, 0.1) is 31.9 Å². The number of aliphatic carboxylic acids is 1. The van der Waals surface area contributed by atoms with Crippen LogP contribution in [-0.2, 0) is 11.3 Å². The van der Waals surface area contributed by atoms with Crippen LogP contribution in [0.4, 0.5) is 0 Å². The summed E-state index contributed by atoms with van der Waals surface area (Å²) >= 11 is 0. The van der Waals surface area contributed by atoms with E-state index in [0.717, 1.165) is 30.6 Å². The molecule has 0 saturated heterocycles. The lowest BCUT2D eigenvalue weighted by atomic mass is 10.1. The van der Waals surface area contributed by atoms with Crippen molar-refractivity contribution in [2.75, 3.05) is 19.8 Å². The van der Waals surface area contributed by atoms with Gasteiger partial charge in [0.1, 0.15) is 17.2 Å². The number of rotatable bonds is 18. The van der Waals surface area contributed by atoms with E-state index in [1.807, 2.05) is 52.0 Å². The van der Waals surface area contributed by atoms with E-state index in [9.17, 15) is 9.59 Å². The zero-order valence-corrected chi connectivity index (χ0v) is 24.2. The molecule has 2 aromatic rings. The third-order valence-electron chi connectivity index (χ3n) is 5.83. The molecule has 39 heavy (non-hydrogen) atoms. The summed E-state index contributed by atoms with van der Waals surface area (Å²) in [6, 6.07) is 12.9. The minimum atomic E-state index is -0.882. The summed E-state index contributed by atoms with van der Waals surface area (Å²) in [5, 5.41) is 12.3. The van der Waals surface area contributed by atoms with Gasteiger partial charge in [-0.25, -0.2) is 5.53 Å². The third kappa shape index (κ3) is 11.9. The first-order chi connectivity index (χ1) is 18.2. The molecule has 2 rings (SSSR count). The second-order valence-electron chi connectivity index (χ2n) is 9.62. The molecule has 0 aromatic heterocycles. The predicted octanol–water partition coefficient (Wildman–Crippen LogP) is 6.77. The van der Waals surface area contributed by atoms with Gasteiger partial charge in [0.15, 0.2) is 0 Å². The number of carbonyl (C=O) groups is 2. The van der Waals surface area contributed by atoms with Gasteiger partial charge in [-0.3, -0.25) is 9.59 Å². The Hall–Kier alpha value is -3.33. The molecule has 0 atom stereocenters. The summed E-state index contributed by atoms with van der Waals surface area (Å²) in [5.74, 6) is 0.795. The van der Waals surface area contributed by atoms with Crippen LogP contribution in [0.1, 0.15) is 75.7 Å². The molecule has 0 aliphatic carbocycles. The molecule has 0 aliphatic rings. The van der Waals surface area contributed by atoms with Crippen molar-refractivity contribution in [3.63, 3.8) is 0 Å². The maximum atomic E-state index is 13.3. The molecule has 0 saturated carbocycles. The normalized spacial score (nSPS) is 10.6. The molecule has 9 nitrogen and oxygen atoms in total. The van der Waals surface area contributed by atoms with Gasteiger partial charge in [-0.2, -0.15) is 5.11 Å². The number of amides is 1. The van der Waals surface area contributed by atoms with Crippen molar-refractivity contribution < 1.29 is 28.9 Å². The van der Waals surface area contributed by atoms with Crippen molar-refractivity contribution in [2.45, 2.75) is 78.4 Å². The zero-order chi connectivity index (χ0) is 27.9. The molecule has 0 spiro atoms. The maximum Gasteiger partial charge on any atom is 0.303 e. The van der Waals surface area contributed by atoms with Crippen LogP contribution in [0.3, 0.4) is 0 Å². The Balaban J connectivity index is 0.00000760. The number of carboxylic acids is 1. The van der Waals surface area contributed by atoms with Crippen molar-refractivity contribution in [1.82, 2.24) is 4.90 Å². The smallest absolute Gasteiger partial charge is 0.303 e. The lowest BCUT2D eigenvalue weighted by Crippen LogP contribution is -2.42. The first-order valence-corrected chi connectivity index (χ1v) is 13.2. The Morgan fingerprint density at radius 2 is 1.41 bits per heavy atom. The van der Waals surface area contributed by atoms with Crippen molar-refractivity contribution in [1.29, 1.82) is 5.53 Å². The second kappa shape index (κ2) is 18.0. The molecule has 0 radical (unpaired) electrons. The number of unbranched alkanes of at least 4 members (excludes halogenated alkanes) is 2. The van der Waals surface area contributed by atoms with E-state index in [2.05, 4.69) is 5.11 Å². The van der Waals surface area contributed by atoms with E-state index < -0.39 is 5.97 Å². The van der Waals surface area contributed by atoms with Gasteiger partial charge in [-0.1, -0.05) is 12.1 Å². The van der Waals surface area contributed by atoms with E-state index >= 15 is 0 Å². The molecule has 0 unspecified atom stereocenters. The number of ether oxygens (including phenoxy) is 3. The average Bonchev–Trinajstić information content (AvgIpc) is 2.86. The van der Waals surface area contributed by atoms with E-state index in [1.165, 1.54) is 0 Å². The van der Waals surface area contributed by atoms with Crippen molar-refractivity contribution in [3.05, 3.63) is 53.6 Å². The zero-order valence-electron chi connectivity index (χ0n) is 23.4. The number of hydrogen-bond donors (Lipinski definition) is 2. The number of carbonyl (C=O) groups excluding carboxylic acids is 1. The molecule has 1 amide bonds. The SMILES string of the molecule is CC(C)N(C(=O)c1ccc(OCCCCCOc2ccc(CN=N)cc2)cc1OCCCC(=O)O)C(C)C.Cl. The van der Waals surface area contributed by atoms with Gasteiger partial charge in [0.2, 0.25) is 0 Å². The summed E-state index contributed by atoms with van der Waals surface area (Å²) in [6.45, 7) is 9.59. The molecule has 0 bridgehead atoms. The Morgan fingerprint density at radius 1 is 0.846 bits per heavy atom. The quantitative estimate of drug-likeness (QED) is 0.152. The van der Waals surface area contributed by atoms with Crippen LogP contribution in [0.25, 0.3) is 0 Å². The lowest BCUT2D eigenvalue weighted by Gasteiger charge is -2.31. The Morgan fingerprint density at radius 3 is 1.97 bits per heavy atom. The van der Waals surface area contributed by atoms with Crippen LogP contribution in [-0.4, -0.2) is 53.8 Å². The standard InChI is InChI=1S/C29H41N3O6.ClH/c1-21(2)32(22(3)4)29(35)26-15-14-25(19-27(26)38-18-8-9-28(33)34)37-17-7-5-6-16-36-24-12-10-23(11-13-24)20-31-30;/h10-15,19,21-22,30H,5-9,16-18,20H2,1-4H3,(H,33,34);1H. The number of nitrogens with one attached hydrogen (secondary N) is 1. The maximum absolute atomic E-state index is 13.3. The highest BCUT2D eigenvalue weighted by molar-refractivity contribution is 5.97. The van der Waals surface area contributed by atoms with E-state index in [-0.39, 0.29) is 43.4 Å². The van der Waals surface area contributed by atoms with E-state index in [0.29, 0.717) is 43.2 Å². The molecule has 216 valence electrons. The van der Waals surface area contributed by atoms with Crippen LogP contribution in [0.5, 0.6) is 17.2 Å². The lowest BCUT2D eigenvalue weighted by molar-refractivity contribution is -0.137. The minimum Gasteiger partial charge on any atom is -0.494 e. The topological polar surface area (TPSA) is 122 Å². The molecule has 2 aromatic carbocycles. The van der Waals surface area contributed by atoms with Crippen LogP contribution in [0, 0.1) is 5.53 Å². The molecular formula is C29H42ClN3O6. The molecule has 0 heterocycles. The first-order valence-electron chi connectivity index (χ1n) is 13.2. The van der Waals surface area contributed by atoms with Gasteiger partial charge in [-0.05, 0) is 83.2 Å². The molecule has 10 heteroatoms. The highest BCUT2D eigenvalue weighted by Crippen LogP contribution is 2.28. The number of carboxylic acid groups (broad SMARTS) is 1. The van der Waals surface area contributed by atoms with Crippen LogP contribution >= 0.6 is 12.4 Å². The van der Waals surface area contributed by atoms with Gasteiger partial charge in [0.25, 0.3) is 5.91 Å². The monoisotopic (exact) mass is 563 g/mol. The molecule has 2 N–H and O–H groups in total. The number of nitrogens with zero attached hydrogens (tertiary/aromatic N) is 2. The van der Waals surface area contributed by atoms with Gasteiger partial charge in [0, 0.05) is 24.6 Å². The molecule has 0 aliphatic heterocycles. The Labute approximate surface area is 237 Å². The van der Waals surface area contributed by atoms with Crippen molar-refractivity contribution in [2.24, 2.45) is 5.11 Å². The summed E-state index contributed by atoms with van der Waals surface area (Å²) in [5.41, 5.74) is 8.33. The van der Waals surface area contributed by atoms with Crippen LogP contribution in [0.2, 0.25) is 0 Å². The number of halogens is 1. The Bertz CT molecular complexity index is 1020. The highest BCUT2D eigenvalue weighted by Gasteiger charge is 2.25. The third-order valence-corrected chi connectivity index (χ3v) is 5.83. The largest absolute Gasteiger partial charge is 0.494 e. The second-order valence-corrected chi connectivity index (χ2v) is 9.62. The average molecular weight is 564 g/mol. The fourth-order valence-corrected chi connectivity index (χ4v) is 4.04. The number of hydrogen-bond acceptors (Lipinski definition) is 7. The van der Waals surface area contributed by atoms with Gasteiger partial charge in [-0.15, -0.1) is 12.4 Å². The minimum absolute atomic E-state index is 0. The first kappa shape index (κ1) is 33.7. The fourth-order valence-electron chi connectivity index (χ4n) is 4.04. The Kier molecular flexibility index (Phi) is 15.6. The summed E-state index contributed by atoms with van der Waals surface area (Å²) in [4.78, 5) is 25.9. The summed E-state index contributed by atoms with van der Waals surface area (Å²) < 4.78 is 17.5. The van der Waals surface area contributed by atoms with Crippen LogP contribution in [0.15, 0.2) is 47.6 Å². The number of benzene rings is 2. The summed E-state index contributed by atoms with van der Waals surface area (Å²) in [6.07, 6.45) is 3.01. The van der Waals surface area contributed by atoms with Crippen LogP contribution < -0.4 is 14.2 Å². The highest BCUT2D eigenvalue weighted by atomic mass is 35.5. The van der Waals surface area contributed by atoms with E-state index in [1.54, 1.807) is 23.1 Å². The van der Waals surface area contributed by atoms with Gasteiger partial charge < -0.3 is 24.2 Å². The predicted molar refractivity (Wildman–Crippen MR) is 153 cm³/mol. The van der Waals surface area contributed by atoms with E-state index in [4.69, 9.17) is 24.8 Å². The van der Waals surface area contributed by atoms with Gasteiger partial charge >= 0.3 is 5.97 Å².